The molecule has 1 aliphatic heterocycles. The maximum Gasteiger partial charge on any atom is 0.243 e. The second kappa shape index (κ2) is 7.74. The van der Waals surface area contributed by atoms with Crippen LogP contribution in [0.5, 0.6) is 0 Å². The molecule has 1 aromatic heterocycles. The molecule has 1 saturated heterocycles. The van der Waals surface area contributed by atoms with Gasteiger partial charge in [0.25, 0.3) is 0 Å². The van der Waals surface area contributed by atoms with Crippen molar-refractivity contribution in [3.05, 3.63) is 24.3 Å². The van der Waals surface area contributed by atoms with E-state index in [2.05, 4.69) is 10.2 Å². The molecule has 140 valence electrons. The topological polar surface area (TPSA) is 120 Å². The van der Waals surface area contributed by atoms with E-state index in [1.54, 1.807) is 35.9 Å². The van der Waals surface area contributed by atoms with E-state index in [-0.39, 0.29) is 10.6 Å². The molecule has 1 aliphatic rings. The fourth-order valence-electron chi connectivity index (χ4n) is 2.54. The first kappa shape index (κ1) is 18.8. The van der Waals surface area contributed by atoms with Crippen molar-refractivity contribution in [2.75, 3.05) is 32.1 Å². The van der Waals surface area contributed by atoms with Gasteiger partial charge in [-0.1, -0.05) is 11.8 Å². The smallest absolute Gasteiger partial charge is 0.243 e. The van der Waals surface area contributed by atoms with Gasteiger partial charge in [-0.25, -0.2) is 8.42 Å². The van der Waals surface area contributed by atoms with E-state index in [1.807, 2.05) is 0 Å². The summed E-state index contributed by atoms with van der Waals surface area (Å²) >= 11 is 1.20. The number of carbonyl (C=O) groups excluding carboxylic acids is 1. The Morgan fingerprint density at radius 1 is 1.23 bits per heavy atom. The highest BCUT2D eigenvalue weighted by molar-refractivity contribution is 7.99. The molecule has 1 amide bonds. The quantitative estimate of drug-likeness (QED) is 0.685. The predicted molar refractivity (Wildman–Crippen MR) is 95.9 cm³/mol. The van der Waals surface area contributed by atoms with Crippen molar-refractivity contribution in [1.82, 2.24) is 19.1 Å². The maximum atomic E-state index is 12.6. The molecular formula is C15H19N5O4S2. The van der Waals surface area contributed by atoms with Crippen molar-refractivity contribution < 1.29 is 17.9 Å². The van der Waals surface area contributed by atoms with E-state index in [4.69, 9.17) is 10.5 Å². The molecule has 0 atom stereocenters. The number of morpholine rings is 1. The van der Waals surface area contributed by atoms with Crippen LogP contribution in [0.2, 0.25) is 0 Å². The third-order valence-corrected chi connectivity index (χ3v) is 6.85. The van der Waals surface area contributed by atoms with Gasteiger partial charge >= 0.3 is 0 Å². The lowest BCUT2D eigenvalue weighted by atomic mass is 10.2. The van der Waals surface area contributed by atoms with Crippen LogP contribution < -0.4 is 5.73 Å². The number of nitrogens with zero attached hydrogens (tertiary/aromatic N) is 4. The molecule has 2 aromatic rings. The Labute approximate surface area is 155 Å². The Kier molecular flexibility index (Phi) is 5.61. The Hall–Kier alpha value is -1.95. The summed E-state index contributed by atoms with van der Waals surface area (Å²) in [5, 5.41) is 8.70. The van der Waals surface area contributed by atoms with E-state index in [0.29, 0.717) is 37.3 Å². The van der Waals surface area contributed by atoms with Crippen molar-refractivity contribution in [3.8, 4) is 11.4 Å². The molecule has 1 aromatic carbocycles. The molecule has 3 rings (SSSR count). The fourth-order valence-corrected chi connectivity index (χ4v) is 4.60. The molecule has 0 bridgehead atoms. The summed E-state index contributed by atoms with van der Waals surface area (Å²) < 4.78 is 33.7. The molecule has 1 fully saturated rings. The second-order valence-electron chi connectivity index (χ2n) is 5.66. The van der Waals surface area contributed by atoms with Gasteiger partial charge in [-0.3, -0.25) is 4.79 Å². The van der Waals surface area contributed by atoms with Gasteiger partial charge < -0.3 is 15.0 Å². The van der Waals surface area contributed by atoms with Gasteiger partial charge in [0.2, 0.25) is 15.9 Å². The number of aromatic nitrogens is 3. The first-order valence-electron chi connectivity index (χ1n) is 7.88. The summed E-state index contributed by atoms with van der Waals surface area (Å²) in [6.07, 6.45) is 0. The van der Waals surface area contributed by atoms with Crippen molar-refractivity contribution >= 4 is 27.7 Å². The number of carbonyl (C=O) groups is 1. The Morgan fingerprint density at radius 3 is 2.50 bits per heavy atom. The molecule has 2 N–H and O–H groups in total. The highest BCUT2D eigenvalue weighted by atomic mass is 32.2. The number of sulfonamides is 1. The zero-order chi connectivity index (χ0) is 18.7. The van der Waals surface area contributed by atoms with E-state index in [1.165, 1.54) is 16.1 Å². The van der Waals surface area contributed by atoms with Crippen molar-refractivity contribution in [1.29, 1.82) is 0 Å². The van der Waals surface area contributed by atoms with Crippen LogP contribution in [0, 0.1) is 0 Å². The molecule has 26 heavy (non-hydrogen) atoms. The molecule has 0 aliphatic carbocycles. The van der Waals surface area contributed by atoms with Crippen LogP contribution in [0.15, 0.2) is 34.3 Å². The second-order valence-corrected chi connectivity index (χ2v) is 8.54. The lowest BCUT2D eigenvalue weighted by Crippen LogP contribution is -2.40. The number of amides is 1. The number of hydrogen-bond donors (Lipinski definition) is 1. The Morgan fingerprint density at radius 2 is 1.88 bits per heavy atom. The van der Waals surface area contributed by atoms with Crippen molar-refractivity contribution in [2.45, 2.75) is 10.1 Å². The van der Waals surface area contributed by atoms with Crippen LogP contribution in [-0.2, 0) is 26.6 Å². The van der Waals surface area contributed by atoms with Gasteiger partial charge in [-0.2, -0.15) is 4.31 Å². The first-order chi connectivity index (χ1) is 12.4. The summed E-state index contributed by atoms with van der Waals surface area (Å²) in [4.78, 5) is 11.1. The molecule has 2 heterocycles. The van der Waals surface area contributed by atoms with Gasteiger partial charge in [0.15, 0.2) is 11.0 Å². The Bertz CT molecular complexity index is 889. The number of ether oxygens (including phenoxy) is 1. The highest BCUT2D eigenvalue weighted by Crippen LogP contribution is 2.25. The summed E-state index contributed by atoms with van der Waals surface area (Å²) in [5.41, 5.74) is 5.87. The van der Waals surface area contributed by atoms with Gasteiger partial charge in [-0.05, 0) is 24.3 Å². The van der Waals surface area contributed by atoms with Gasteiger partial charge in [0, 0.05) is 25.7 Å². The average molecular weight is 397 g/mol. The summed E-state index contributed by atoms with van der Waals surface area (Å²) in [7, 11) is -1.75. The van der Waals surface area contributed by atoms with E-state index < -0.39 is 15.9 Å². The molecule has 0 radical (unpaired) electrons. The summed E-state index contributed by atoms with van der Waals surface area (Å²) in [5.74, 6) is 0.257. The number of benzene rings is 1. The number of thioether (sulfide) groups is 1. The van der Waals surface area contributed by atoms with Crippen LogP contribution in [-0.4, -0.2) is 65.5 Å². The molecular weight excluding hydrogens is 378 g/mol. The fraction of sp³-hybridized carbons (Fsp3) is 0.400. The molecule has 0 spiro atoms. The van der Waals surface area contributed by atoms with Gasteiger partial charge in [0.05, 0.1) is 23.9 Å². The van der Waals surface area contributed by atoms with Crippen LogP contribution in [0.25, 0.3) is 11.4 Å². The summed E-state index contributed by atoms with van der Waals surface area (Å²) in [6.45, 7) is 1.52. The number of hydrogen-bond acceptors (Lipinski definition) is 7. The largest absolute Gasteiger partial charge is 0.379 e. The third-order valence-electron chi connectivity index (χ3n) is 3.90. The average Bonchev–Trinajstić information content (AvgIpc) is 3.01. The SMILES string of the molecule is Cn1c(SCC(N)=O)nnc1-c1ccc(S(=O)(=O)N2CCOCC2)cc1. The third kappa shape index (κ3) is 3.90. The minimum atomic E-state index is -3.53. The predicted octanol–water partition coefficient (Wildman–Crippen LogP) is 0.0804. The molecule has 0 unspecified atom stereocenters. The van der Waals surface area contributed by atoms with Crippen LogP contribution in [0.1, 0.15) is 0 Å². The zero-order valence-electron chi connectivity index (χ0n) is 14.2. The zero-order valence-corrected chi connectivity index (χ0v) is 15.8. The molecule has 9 nitrogen and oxygen atoms in total. The van der Waals surface area contributed by atoms with E-state index in [9.17, 15) is 13.2 Å². The van der Waals surface area contributed by atoms with Crippen LogP contribution >= 0.6 is 11.8 Å². The minimum Gasteiger partial charge on any atom is -0.379 e. The minimum absolute atomic E-state index is 0.114. The Balaban J connectivity index is 1.80. The number of primary amides is 1. The van der Waals surface area contributed by atoms with Crippen molar-refractivity contribution in [3.63, 3.8) is 0 Å². The van der Waals surface area contributed by atoms with Crippen LogP contribution in [0.3, 0.4) is 0 Å². The lowest BCUT2D eigenvalue weighted by Gasteiger charge is -2.26. The van der Waals surface area contributed by atoms with Gasteiger partial charge in [-0.15, -0.1) is 10.2 Å². The summed E-state index contributed by atoms with van der Waals surface area (Å²) in [6, 6.07) is 6.51. The molecule has 11 heteroatoms. The normalized spacial score (nSPS) is 15.9. The lowest BCUT2D eigenvalue weighted by molar-refractivity contribution is -0.115. The van der Waals surface area contributed by atoms with Crippen molar-refractivity contribution in [2.24, 2.45) is 12.8 Å². The standard InChI is InChI=1S/C15H19N5O4S2/c1-19-14(17-18-15(19)25-10-13(16)21)11-2-4-12(5-3-11)26(22,23)20-6-8-24-9-7-20/h2-5H,6-10H2,1H3,(H2,16,21). The first-order valence-corrected chi connectivity index (χ1v) is 10.3. The van der Waals surface area contributed by atoms with E-state index in [0.717, 1.165) is 5.56 Å². The molecule has 0 saturated carbocycles. The number of rotatable bonds is 6. The number of nitrogens with two attached hydrogens (primary N) is 1. The van der Waals surface area contributed by atoms with Crippen LogP contribution in [0.4, 0.5) is 0 Å². The monoisotopic (exact) mass is 397 g/mol. The van der Waals surface area contributed by atoms with Gasteiger partial charge in [0.1, 0.15) is 0 Å². The maximum absolute atomic E-state index is 12.6. The highest BCUT2D eigenvalue weighted by Gasteiger charge is 2.26. The van der Waals surface area contributed by atoms with E-state index >= 15 is 0 Å².